The number of hydrogen-bond donors (Lipinski definition) is 1. The summed E-state index contributed by atoms with van der Waals surface area (Å²) in [7, 11) is -1.07. The molecular weight excluding hydrogens is 233 g/mol. The Morgan fingerprint density at radius 2 is 2.00 bits per heavy atom. The molecule has 15 heavy (non-hydrogen) atoms. The standard InChI is InChI=1S/C10H14ClNO2P/c1-8-10(9-6-4-3-5-7-9)14-15(11,13)12(8)2/h3-8,10,13H,1-2H3. The van der Waals surface area contributed by atoms with Crippen LogP contribution in [-0.4, -0.2) is 22.7 Å². The molecule has 1 aromatic rings. The first-order valence-electron chi connectivity index (χ1n) is 4.80. The molecule has 0 aromatic heterocycles. The van der Waals surface area contributed by atoms with Gasteiger partial charge in [-0.1, -0.05) is 30.3 Å². The predicted molar refractivity (Wildman–Crippen MR) is 62.5 cm³/mol. The Morgan fingerprint density at radius 1 is 1.40 bits per heavy atom. The van der Waals surface area contributed by atoms with E-state index in [-0.39, 0.29) is 12.1 Å². The van der Waals surface area contributed by atoms with Crippen LogP contribution in [0.3, 0.4) is 0 Å². The van der Waals surface area contributed by atoms with E-state index in [1.54, 1.807) is 11.7 Å². The average molecular weight is 247 g/mol. The Bertz CT molecular complexity index is 347. The maximum atomic E-state index is 9.85. The zero-order valence-corrected chi connectivity index (χ0v) is 10.3. The molecule has 0 amide bonds. The highest BCUT2D eigenvalue weighted by Gasteiger charge is 2.46. The first-order chi connectivity index (χ1) is 7.02. The minimum atomic E-state index is -2.86. The van der Waals surface area contributed by atoms with Gasteiger partial charge in [0.2, 0.25) is 0 Å². The van der Waals surface area contributed by atoms with Gasteiger partial charge in [-0.2, -0.15) is 0 Å². The third-order valence-corrected chi connectivity index (χ3v) is 5.38. The molecule has 1 aromatic carbocycles. The third-order valence-electron chi connectivity index (χ3n) is 2.79. The molecule has 3 nitrogen and oxygen atoms in total. The van der Waals surface area contributed by atoms with Crippen molar-refractivity contribution in [1.82, 2.24) is 4.67 Å². The topological polar surface area (TPSA) is 32.7 Å². The minimum absolute atomic E-state index is 0.0863. The van der Waals surface area contributed by atoms with Gasteiger partial charge in [-0.25, -0.2) is 4.67 Å². The van der Waals surface area contributed by atoms with Gasteiger partial charge in [-0.3, -0.25) is 0 Å². The second kappa shape index (κ2) is 4.00. The molecule has 5 heteroatoms. The summed E-state index contributed by atoms with van der Waals surface area (Å²) in [4.78, 5) is 9.85. The van der Waals surface area contributed by atoms with Crippen molar-refractivity contribution in [3.8, 4) is 0 Å². The van der Waals surface area contributed by atoms with E-state index in [1.165, 1.54) is 0 Å². The van der Waals surface area contributed by atoms with Gasteiger partial charge in [0.05, 0.1) is 0 Å². The monoisotopic (exact) mass is 246 g/mol. The van der Waals surface area contributed by atoms with Crippen LogP contribution in [-0.2, 0) is 4.52 Å². The van der Waals surface area contributed by atoms with Gasteiger partial charge < -0.3 is 9.42 Å². The Hall–Kier alpha value is -0.180. The third kappa shape index (κ3) is 2.03. The molecule has 1 heterocycles. The van der Waals surface area contributed by atoms with Crippen LogP contribution in [0.5, 0.6) is 0 Å². The quantitative estimate of drug-likeness (QED) is 0.774. The molecule has 2 rings (SSSR count). The van der Waals surface area contributed by atoms with E-state index in [0.717, 1.165) is 5.56 Å². The maximum Gasteiger partial charge on any atom is 0.265 e. The number of benzene rings is 1. The summed E-state index contributed by atoms with van der Waals surface area (Å²) >= 11 is 5.93. The molecule has 0 bridgehead atoms. The maximum absolute atomic E-state index is 9.85. The summed E-state index contributed by atoms with van der Waals surface area (Å²) in [6.45, 7) is 2.00. The summed E-state index contributed by atoms with van der Waals surface area (Å²) in [5.74, 6) is 0. The van der Waals surface area contributed by atoms with E-state index in [1.807, 2.05) is 37.3 Å². The van der Waals surface area contributed by atoms with Crippen molar-refractivity contribution in [3.05, 3.63) is 35.9 Å². The highest BCUT2D eigenvalue weighted by Crippen LogP contribution is 2.72. The van der Waals surface area contributed by atoms with Gasteiger partial charge in [0.25, 0.3) is 7.22 Å². The van der Waals surface area contributed by atoms with E-state index >= 15 is 0 Å². The lowest BCUT2D eigenvalue weighted by molar-refractivity contribution is 0.207. The largest absolute Gasteiger partial charge is 0.333 e. The second-order valence-corrected chi connectivity index (χ2v) is 6.83. The molecule has 1 N–H and O–H groups in total. The Morgan fingerprint density at radius 3 is 2.47 bits per heavy atom. The molecule has 3 atom stereocenters. The SMILES string of the molecule is CC1C(c2ccccc2)O[P](O)(Cl)N1C. The number of halogens is 1. The van der Waals surface area contributed by atoms with Crippen LogP contribution >= 0.6 is 18.5 Å². The first kappa shape index (κ1) is 11.3. The normalized spacial score (nSPS) is 37.1. The fourth-order valence-corrected chi connectivity index (χ4v) is 3.69. The first-order valence-corrected chi connectivity index (χ1v) is 7.32. The smallest absolute Gasteiger partial charge is 0.265 e. The lowest BCUT2D eigenvalue weighted by Crippen LogP contribution is -2.23. The van der Waals surface area contributed by atoms with Gasteiger partial charge in [0.15, 0.2) is 0 Å². The molecule has 3 unspecified atom stereocenters. The van der Waals surface area contributed by atoms with Crippen molar-refractivity contribution in [3.63, 3.8) is 0 Å². The summed E-state index contributed by atoms with van der Waals surface area (Å²) in [6, 6.07) is 9.91. The van der Waals surface area contributed by atoms with Crippen LogP contribution in [0.15, 0.2) is 30.3 Å². The average Bonchev–Trinajstić information content (AvgIpc) is 2.44. The molecule has 1 aliphatic heterocycles. The van der Waals surface area contributed by atoms with E-state index in [2.05, 4.69) is 0 Å². The molecule has 1 aliphatic rings. The fourth-order valence-electron chi connectivity index (χ4n) is 1.71. The molecule has 1 radical (unpaired) electrons. The fraction of sp³-hybridized carbons (Fsp3) is 0.400. The summed E-state index contributed by atoms with van der Waals surface area (Å²) in [5.41, 5.74) is 1.05. The van der Waals surface area contributed by atoms with Gasteiger partial charge in [-0.15, -0.1) is 0 Å². The van der Waals surface area contributed by atoms with Crippen molar-refractivity contribution in [1.29, 1.82) is 0 Å². The van der Waals surface area contributed by atoms with Crippen molar-refractivity contribution in [2.45, 2.75) is 19.1 Å². The van der Waals surface area contributed by atoms with Crippen LogP contribution in [0.2, 0.25) is 0 Å². The van der Waals surface area contributed by atoms with Crippen molar-refractivity contribution in [2.24, 2.45) is 0 Å². The zero-order chi connectivity index (χ0) is 11.1. The summed E-state index contributed by atoms with van der Waals surface area (Å²) in [6.07, 6.45) is -0.146. The van der Waals surface area contributed by atoms with E-state index < -0.39 is 7.22 Å². The van der Waals surface area contributed by atoms with Gasteiger partial charge >= 0.3 is 0 Å². The molecule has 1 fully saturated rings. The predicted octanol–water partition coefficient (Wildman–Crippen LogP) is 2.99. The van der Waals surface area contributed by atoms with Gasteiger partial charge in [0.1, 0.15) is 6.10 Å². The summed E-state index contributed by atoms with van der Waals surface area (Å²) < 4.78 is 7.23. The van der Waals surface area contributed by atoms with Crippen LogP contribution < -0.4 is 0 Å². The lowest BCUT2D eigenvalue weighted by Gasteiger charge is -2.23. The second-order valence-electron chi connectivity index (χ2n) is 3.72. The number of hydrogen-bond acceptors (Lipinski definition) is 3. The van der Waals surface area contributed by atoms with Crippen LogP contribution in [0.1, 0.15) is 18.6 Å². The highest BCUT2D eigenvalue weighted by atomic mass is 35.7. The molecule has 0 saturated carbocycles. The van der Waals surface area contributed by atoms with Crippen molar-refractivity contribution < 1.29 is 9.42 Å². The molecule has 0 aliphatic carbocycles. The van der Waals surface area contributed by atoms with Crippen LogP contribution in [0, 0.1) is 0 Å². The van der Waals surface area contributed by atoms with Crippen LogP contribution in [0.25, 0.3) is 0 Å². The number of nitrogens with zero attached hydrogens (tertiary/aromatic N) is 1. The van der Waals surface area contributed by atoms with E-state index in [4.69, 9.17) is 15.8 Å². The molecule has 0 spiro atoms. The Labute approximate surface area is 95.0 Å². The molecule has 83 valence electrons. The van der Waals surface area contributed by atoms with E-state index in [0.29, 0.717) is 0 Å². The van der Waals surface area contributed by atoms with E-state index in [9.17, 15) is 4.89 Å². The van der Waals surface area contributed by atoms with Gasteiger partial charge in [0, 0.05) is 6.04 Å². The Kier molecular flexibility index (Phi) is 3.02. The highest BCUT2D eigenvalue weighted by molar-refractivity contribution is 7.89. The summed E-state index contributed by atoms with van der Waals surface area (Å²) in [5, 5.41) is 0. The molecular formula is C10H14ClNO2P. The molecule has 1 saturated heterocycles. The number of rotatable bonds is 1. The lowest BCUT2D eigenvalue weighted by atomic mass is 10.0. The zero-order valence-electron chi connectivity index (χ0n) is 8.67. The number of likely N-dealkylation sites (N-methyl/N-ethyl adjacent to an activating group) is 1. The van der Waals surface area contributed by atoms with Crippen molar-refractivity contribution >= 4 is 18.5 Å². The Balaban J connectivity index is 2.27. The van der Waals surface area contributed by atoms with Crippen molar-refractivity contribution in [2.75, 3.05) is 7.05 Å². The minimum Gasteiger partial charge on any atom is -0.333 e. The van der Waals surface area contributed by atoms with Crippen LogP contribution in [0.4, 0.5) is 0 Å². The van der Waals surface area contributed by atoms with Gasteiger partial charge in [-0.05, 0) is 30.8 Å².